The van der Waals surface area contributed by atoms with E-state index in [9.17, 15) is 4.79 Å². The summed E-state index contributed by atoms with van der Waals surface area (Å²) >= 11 is 1.69. The van der Waals surface area contributed by atoms with Gasteiger partial charge in [0.25, 0.3) is 0 Å². The Morgan fingerprint density at radius 3 is 2.92 bits per heavy atom. The molecule has 0 saturated heterocycles. The number of hydrogen-bond donors (Lipinski definition) is 2. The summed E-state index contributed by atoms with van der Waals surface area (Å²) in [6.07, 6.45) is 5.09. The largest absolute Gasteiger partial charge is 0.355 e. The van der Waals surface area contributed by atoms with Crippen LogP contribution in [0.4, 0.5) is 0 Å². The van der Waals surface area contributed by atoms with E-state index < -0.39 is 0 Å². The maximum Gasteiger partial charge on any atom is 0.220 e. The maximum atomic E-state index is 11.2. The van der Waals surface area contributed by atoms with Crippen molar-refractivity contribution in [2.24, 2.45) is 11.7 Å². The Kier molecular flexibility index (Phi) is 4.59. The molecule has 1 unspecified atom stereocenters. The highest BCUT2D eigenvalue weighted by molar-refractivity contribution is 7.98. The minimum Gasteiger partial charge on any atom is -0.355 e. The predicted molar refractivity (Wildman–Crippen MR) is 56.7 cm³/mol. The summed E-state index contributed by atoms with van der Waals surface area (Å²) in [5.41, 5.74) is 5.84. The van der Waals surface area contributed by atoms with Gasteiger partial charge in [-0.1, -0.05) is 0 Å². The monoisotopic (exact) mass is 202 g/mol. The van der Waals surface area contributed by atoms with Gasteiger partial charge in [-0.05, 0) is 25.0 Å². The first-order valence-corrected chi connectivity index (χ1v) is 6.14. The van der Waals surface area contributed by atoms with Crippen LogP contribution in [0.25, 0.3) is 0 Å². The zero-order valence-electron chi connectivity index (χ0n) is 8.08. The van der Waals surface area contributed by atoms with Gasteiger partial charge in [-0.3, -0.25) is 4.79 Å². The predicted octanol–water partition coefficient (Wildman–Crippen LogP) is 0.593. The second-order valence-corrected chi connectivity index (χ2v) is 4.53. The van der Waals surface area contributed by atoms with Crippen LogP contribution in [0.5, 0.6) is 0 Å². The molecule has 1 aliphatic carbocycles. The fourth-order valence-electron chi connectivity index (χ4n) is 1.21. The van der Waals surface area contributed by atoms with Crippen molar-refractivity contribution >= 4 is 17.7 Å². The average molecular weight is 202 g/mol. The molecular formula is C9H18N2OS. The van der Waals surface area contributed by atoms with E-state index in [0.717, 1.165) is 5.75 Å². The van der Waals surface area contributed by atoms with Crippen LogP contribution in [0, 0.1) is 5.92 Å². The second-order valence-electron chi connectivity index (χ2n) is 3.55. The van der Waals surface area contributed by atoms with Gasteiger partial charge in [-0.2, -0.15) is 11.8 Å². The lowest BCUT2D eigenvalue weighted by molar-refractivity contribution is -0.120. The standard InChI is InChI=1S/C9H18N2OS/c1-13-5-4-9(12)11-6-8(10)7-2-3-7/h7-8H,2-6,10H2,1H3,(H,11,12). The number of rotatable bonds is 6. The zero-order valence-corrected chi connectivity index (χ0v) is 8.90. The highest BCUT2D eigenvalue weighted by Gasteiger charge is 2.28. The maximum absolute atomic E-state index is 11.2. The van der Waals surface area contributed by atoms with Crippen LogP contribution in [0.2, 0.25) is 0 Å². The number of carbonyl (C=O) groups is 1. The molecule has 0 aliphatic heterocycles. The van der Waals surface area contributed by atoms with Crippen molar-refractivity contribution in [2.75, 3.05) is 18.6 Å². The van der Waals surface area contributed by atoms with Crippen molar-refractivity contribution in [3.8, 4) is 0 Å². The lowest BCUT2D eigenvalue weighted by Gasteiger charge is -2.10. The van der Waals surface area contributed by atoms with Crippen molar-refractivity contribution in [3.05, 3.63) is 0 Å². The van der Waals surface area contributed by atoms with Crippen molar-refractivity contribution < 1.29 is 4.79 Å². The van der Waals surface area contributed by atoms with Gasteiger partial charge in [-0.15, -0.1) is 0 Å². The summed E-state index contributed by atoms with van der Waals surface area (Å²) in [4.78, 5) is 11.2. The second kappa shape index (κ2) is 5.50. The third-order valence-corrected chi connectivity index (χ3v) is 2.91. The van der Waals surface area contributed by atoms with Gasteiger partial charge < -0.3 is 11.1 Å². The minimum atomic E-state index is 0.130. The number of thioether (sulfide) groups is 1. The van der Waals surface area contributed by atoms with E-state index >= 15 is 0 Å². The molecule has 3 N–H and O–H groups in total. The van der Waals surface area contributed by atoms with E-state index in [1.165, 1.54) is 12.8 Å². The zero-order chi connectivity index (χ0) is 9.68. The SMILES string of the molecule is CSCCC(=O)NCC(N)C1CC1. The Morgan fingerprint density at radius 2 is 2.38 bits per heavy atom. The van der Waals surface area contributed by atoms with Crippen molar-refractivity contribution in [1.29, 1.82) is 0 Å². The third-order valence-electron chi connectivity index (χ3n) is 2.30. The van der Waals surface area contributed by atoms with Gasteiger partial charge >= 0.3 is 0 Å². The molecule has 1 fully saturated rings. The topological polar surface area (TPSA) is 55.1 Å². The van der Waals surface area contributed by atoms with E-state index in [1.807, 2.05) is 6.26 Å². The van der Waals surface area contributed by atoms with Crippen LogP contribution in [-0.2, 0) is 4.79 Å². The van der Waals surface area contributed by atoms with Crippen LogP contribution in [0.3, 0.4) is 0 Å². The quantitative estimate of drug-likeness (QED) is 0.663. The average Bonchev–Trinajstić information content (AvgIpc) is 2.93. The summed E-state index contributed by atoms with van der Waals surface area (Å²) in [6, 6.07) is 0.179. The summed E-state index contributed by atoms with van der Waals surface area (Å²) < 4.78 is 0. The van der Waals surface area contributed by atoms with Gasteiger partial charge in [0.1, 0.15) is 0 Å². The van der Waals surface area contributed by atoms with E-state index in [-0.39, 0.29) is 11.9 Å². The van der Waals surface area contributed by atoms with Crippen molar-refractivity contribution in [2.45, 2.75) is 25.3 Å². The Balaban J connectivity index is 2.00. The minimum absolute atomic E-state index is 0.130. The third kappa shape index (κ3) is 4.52. The first-order chi connectivity index (χ1) is 6.24. The van der Waals surface area contributed by atoms with Gasteiger partial charge in [0, 0.05) is 24.8 Å². The number of amides is 1. The molecule has 3 nitrogen and oxygen atoms in total. The smallest absolute Gasteiger partial charge is 0.220 e. The number of nitrogens with two attached hydrogens (primary N) is 1. The molecule has 1 amide bonds. The van der Waals surface area contributed by atoms with Crippen LogP contribution < -0.4 is 11.1 Å². The summed E-state index contributed by atoms with van der Waals surface area (Å²) in [5.74, 6) is 1.69. The highest BCUT2D eigenvalue weighted by Crippen LogP contribution is 2.31. The molecule has 0 bridgehead atoms. The molecule has 0 spiro atoms. The molecule has 0 radical (unpaired) electrons. The molecule has 0 aromatic heterocycles. The summed E-state index contributed by atoms with van der Waals surface area (Å²) in [5, 5.41) is 2.86. The van der Waals surface area contributed by atoms with Crippen molar-refractivity contribution in [3.63, 3.8) is 0 Å². The molecule has 1 atom stereocenters. The normalized spacial score (nSPS) is 18.3. The van der Waals surface area contributed by atoms with E-state index in [1.54, 1.807) is 11.8 Å². The molecule has 0 aromatic carbocycles. The van der Waals surface area contributed by atoms with Gasteiger partial charge in [0.15, 0.2) is 0 Å². The van der Waals surface area contributed by atoms with Crippen molar-refractivity contribution in [1.82, 2.24) is 5.32 Å². The van der Waals surface area contributed by atoms with E-state index in [2.05, 4.69) is 5.32 Å². The fourth-order valence-corrected chi connectivity index (χ4v) is 1.60. The fraction of sp³-hybridized carbons (Fsp3) is 0.889. The van der Waals surface area contributed by atoms with E-state index in [0.29, 0.717) is 18.9 Å². The molecule has 0 heterocycles. The summed E-state index contributed by atoms with van der Waals surface area (Å²) in [7, 11) is 0. The van der Waals surface area contributed by atoms with Gasteiger partial charge in [-0.25, -0.2) is 0 Å². The Morgan fingerprint density at radius 1 is 1.69 bits per heavy atom. The molecule has 13 heavy (non-hydrogen) atoms. The molecule has 4 heteroatoms. The van der Waals surface area contributed by atoms with Gasteiger partial charge in [0.05, 0.1) is 0 Å². The van der Waals surface area contributed by atoms with Crippen LogP contribution in [-0.4, -0.2) is 30.5 Å². The van der Waals surface area contributed by atoms with E-state index in [4.69, 9.17) is 5.73 Å². The molecule has 1 rings (SSSR count). The lowest BCUT2D eigenvalue weighted by atomic mass is 10.2. The first-order valence-electron chi connectivity index (χ1n) is 4.75. The van der Waals surface area contributed by atoms with Crippen LogP contribution >= 0.6 is 11.8 Å². The molecule has 76 valence electrons. The Labute approximate surface area is 83.8 Å². The lowest BCUT2D eigenvalue weighted by Crippen LogP contribution is -2.38. The summed E-state index contributed by atoms with van der Waals surface area (Å²) in [6.45, 7) is 0.651. The Hall–Kier alpha value is -0.220. The molecule has 1 saturated carbocycles. The number of carbonyl (C=O) groups excluding carboxylic acids is 1. The highest BCUT2D eigenvalue weighted by atomic mass is 32.2. The molecule has 0 aromatic rings. The number of nitrogens with one attached hydrogen (secondary N) is 1. The first kappa shape index (κ1) is 10.9. The van der Waals surface area contributed by atoms with Crippen LogP contribution in [0.1, 0.15) is 19.3 Å². The number of hydrogen-bond acceptors (Lipinski definition) is 3. The molecule has 1 aliphatic rings. The van der Waals surface area contributed by atoms with Gasteiger partial charge in [0.2, 0.25) is 5.91 Å². The Bertz CT molecular complexity index is 171. The van der Waals surface area contributed by atoms with Crippen LogP contribution in [0.15, 0.2) is 0 Å². The molecular weight excluding hydrogens is 184 g/mol.